The van der Waals surface area contributed by atoms with Gasteiger partial charge in [0, 0.05) is 13.5 Å². The normalized spacial score (nSPS) is 13.8. The second-order valence-electron chi connectivity index (χ2n) is 4.59. The van der Waals surface area contributed by atoms with Gasteiger partial charge < -0.3 is 9.47 Å². The van der Waals surface area contributed by atoms with E-state index in [-0.39, 0.29) is 5.57 Å². The zero-order valence-electron chi connectivity index (χ0n) is 13.1. The first-order chi connectivity index (χ1) is 9.56. The van der Waals surface area contributed by atoms with Crippen molar-refractivity contribution < 1.29 is 24.0 Å². The summed E-state index contributed by atoms with van der Waals surface area (Å²) in [6, 6.07) is 0. The number of carbonyl (C=O) groups is 1. The lowest BCUT2D eigenvalue weighted by Gasteiger charge is -2.18. The summed E-state index contributed by atoms with van der Waals surface area (Å²) < 4.78 is 10.0. The zero-order chi connectivity index (χ0) is 15.4. The summed E-state index contributed by atoms with van der Waals surface area (Å²) in [6.45, 7) is 9.54. The van der Waals surface area contributed by atoms with Crippen molar-refractivity contribution in [3.63, 3.8) is 0 Å². The molecule has 0 N–H and O–H groups in total. The van der Waals surface area contributed by atoms with Crippen LogP contribution in [0.2, 0.25) is 0 Å². The van der Waals surface area contributed by atoms with Gasteiger partial charge in [0.05, 0.1) is 12.2 Å². The number of carbonyl (C=O) groups excluding carboxylic acids is 1. The monoisotopic (exact) mass is 288 g/mol. The van der Waals surface area contributed by atoms with E-state index in [0.29, 0.717) is 6.61 Å². The molecule has 118 valence electrons. The molecule has 0 rings (SSSR count). The fourth-order valence-corrected chi connectivity index (χ4v) is 1.54. The molecule has 0 bridgehead atoms. The summed E-state index contributed by atoms with van der Waals surface area (Å²) in [5.74, 6) is -0.472. The number of methoxy groups -OCH3 is 1. The molecule has 0 aromatic heterocycles. The molecule has 0 aromatic carbocycles. The largest absolute Gasteiger partial charge is 0.463 e. The number of ether oxygens (including phenoxy) is 2. The summed E-state index contributed by atoms with van der Waals surface area (Å²) in [5, 5.41) is 0. The molecule has 0 aliphatic rings. The average molecular weight is 288 g/mol. The second kappa shape index (κ2) is 11.9. The van der Waals surface area contributed by atoms with Crippen LogP contribution >= 0.6 is 0 Å². The molecule has 2 atom stereocenters. The van der Waals surface area contributed by atoms with E-state index in [1.165, 1.54) is 12.8 Å². The van der Waals surface area contributed by atoms with Crippen molar-refractivity contribution in [2.45, 2.75) is 65.3 Å². The topological polar surface area (TPSA) is 54.0 Å². The van der Waals surface area contributed by atoms with Crippen molar-refractivity contribution >= 4 is 5.97 Å². The van der Waals surface area contributed by atoms with E-state index in [1.807, 2.05) is 0 Å². The van der Waals surface area contributed by atoms with E-state index in [2.05, 4.69) is 13.5 Å². The Bertz CT molecular complexity index is 277. The Kier molecular flexibility index (Phi) is 11.3. The predicted molar refractivity (Wildman–Crippen MR) is 77.0 cm³/mol. The van der Waals surface area contributed by atoms with Crippen LogP contribution in [0.1, 0.15) is 52.9 Å². The molecule has 0 amide bonds. The van der Waals surface area contributed by atoms with Gasteiger partial charge in [-0.2, -0.15) is 0 Å². The van der Waals surface area contributed by atoms with Crippen LogP contribution in [0.15, 0.2) is 12.2 Å². The summed E-state index contributed by atoms with van der Waals surface area (Å²) in [6.07, 6.45) is 4.31. The van der Waals surface area contributed by atoms with E-state index in [1.54, 1.807) is 21.0 Å². The SMILES string of the molecule is C=C(C(=O)OCC)C(C)OOC(CCCCCC)OC. The van der Waals surface area contributed by atoms with Crippen molar-refractivity contribution in [2.75, 3.05) is 13.7 Å². The standard InChI is InChI=1S/C15H28O5/c1-6-8-9-10-11-14(17-5)20-19-13(4)12(3)15(16)18-7-2/h13-14H,3,6-11H2,1-2,4-5H3. The van der Waals surface area contributed by atoms with Gasteiger partial charge in [-0.05, 0) is 20.3 Å². The molecule has 20 heavy (non-hydrogen) atoms. The van der Waals surface area contributed by atoms with Crippen LogP contribution in [-0.2, 0) is 24.0 Å². The Hall–Kier alpha value is -0.910. The summed E-state index contributed by atoms with van der Waals surface area (Å²) >= 11 is 0. The van der Waals surface area contributed by atoms with Gasteiger partial charge in [0.1, 0.15) is 6.10 Å². The summed E-state index contributed by atoms with van der Waals surface area (Å²) in [7, 11) is 1.57. The quantitative estimate of drug-likeness (QED) is 0.138. The molecule has 2 unspecified atom stereocenters. The van der Waals surface area contributed by atoms with E-state index in [4.69, 9.17) is 19.2 Å². The Morgan fingerprint density at radius 1 is 1.15 bits per heavy atom. The van der Waals surface area contributed by atoms with Gasteiger partial charge in [0.2, 0.25) is 0 Å². The predicted octanol–water partition coefficient (Wildman–Crippen LogP) is 3.39. The minimum Gasteiger partial charge on any atom is -0.463 e. The smallest absolute Gasteiger partial charge is 0.336 e. The van der Waals surface area contributed by atoms with Crippen LogP contribution in [0.25, 0.3) is 0 Å². The maximum Gasteiger partial charge on any atom is 0.336 e. The highest BCUT2D eigenvalue weighted by atomic mass is 17.2. The van der Waals surface area contributed by atoms with Crippen LogP contribution in [-0.4, -0.2) is 32.1 Å². The fourth-order valence-electron chi connectivity index (χ4n) is 1.54. The fraction of sp³-hybridized carbons (Fsp3) is 0.800. The molecule has 5 heteroatoms. The lowest BCUT2D eigenvalue weighted by atomic mass is 10.1. The summed E-state index contributed by atoms with van der Waals surface area (Å²) in [4.78, 5) is 21.8. The van der Waals surface area contributed by atoms with Crippen molar-refractivity contribution in [2.24, 2.45) is 0 Å². The lowest BCUT2D eigenvalue weighted by molar-refractivity contribution is -0.388. The van der Waals surface area contributed by atoms with Gasteiger partial charge in [-0.15, -0.1) is 0 Å². The van der Waals surface area contributed by atoms with Gasteiger partial charge in [-0.3, -0.25) is 0 Å². The minimum atomic E-state index is -0.567. The van der Waals surface area contributed by atoms with E-state index in [0.717, 1.165) is 19.3 Å². The number of unbranched alkanes of at least 4 members (excludes halogenated alkanes) is 3. The molecule has 0 radical (unpaired) electrons. The zero-order valence-corrected chi connectivity index (χ0v) is 13.1. The van der Waals surface area contributed by atoms with Crippen LogP contribution < -0.4 is 0 Å². The number of esters is 1. The van der Waals surface area contributed by atoms with Gasteiger partial charge in [-0.25, -0.2) is 14.6 Å². The van der Waals surface area contributed by atoms with Crippen LogP contribution in [0.4, 0.5) is 0 Å². The highest BCUT2D eigenvalue weighted by Gasteiger charge is 2.19. The Balaban J connectivity index is 3.96. The molecule has 0 fully saturated rings. The Labute approximate surface area is 122 Å². The molecule has 5 nitrogen and oxygen atoms in total. The van der Waals surface area contributed by atoms with Crippen LogP contribution in [0, 0.1) is 0 Å². The van der Waals surface area contributed by atoms with Crippen molar-refractivity contribution in [1.82, 2.24) is 0 Å². The maximum absolute atomic E-state index is 11.5. The van der Waals surface area contributed by atoms with Gasteiger partial charge >= 0.3 is 5.97 Å². The molecular formula is C15H28O5. The molecule has 0 aromatic rings. The van der Waals surface area contributed by atoms with Crippen molar-refractivity contribution in [3.05, 3.63) is 12.2 Å². The first-order valence-electron chi connectivity index (χ1n) is 7.27. The van der Waals surface area contributed by atoms with Gasteiger partial charge in [0.15, 0.2) is 6.29 Å². The number of hydrogen-bond donors (Lipinski definition) is 0. The molecule has 0 heterocycles. The summed E-state index contributed by atoms with van der Waals surface area (Å²) in [5.41, 5.74) is 0.229. The third-order valence-electron chi connectivity index (χ3n) is 2.89. The Morgan fingerprint density at radius 2 is 1.85 bits per heavy atom. The van der Waals surface area contributed by atoms with Crippen molar-refractivity contribution in [1.29, 1.82) is 0 Å². The molecule has 0 saturated heterocycles. The first-order valence-corrected chi connectivity index (χ1v) is 7.27. The second-order valence-corrected chi connectivity index (χ2v) is 4.59. The molecular weight excluding hydrogens is 260 g/mol. The molecule has 0 saturated carbocycles. The third-order valence-corrected chi connectivity index (χ3v) is 2.89. The molecule has 0 aliphatic carbocycles. The van der Waals surface area contributed by atoms with Gasteiger partial charge in [-0.1, -0.05) is 32.8 Å². The minimum absolute atomic E-state index is 0.229. The highest BCUT2D eigenvalue weighted by Crippen LogP contribution is 2.13. The van der Waals surface area contributed by atoms with Crippen LogP contribution in [0.5, 0.6) is 0 Å². The Morgan fingerprint density at radius 3 is 2.40 bits per heavy atom. The van der Waals surface area contributed by atoms with E-state index >= 15 is 0 Å². The number of rotatable bonds is 12. The van der Waals surface area contributed by atoms with Gasteiger partial charge in [0.25, 0.3) is 0 Å². The third kappa shape index (κ3) is 8.30. The van der Waals surface area contributed by atoms with E-state index in [9.17, 15) is 4.79 Å². The number of hydrogen-bond acceptors (Lipinski definition) is 5. The maximum atomic E-state index is 11.5. The highest BCUT2D eigenvalue weighted by molar-refractivity contribution is 5.88. The first kappa shape index (κ1) is 19.1. The lowest BCUT2D eigenvalue weighted by Crippen LogP contribution is -2.24. The van der Waals surface area contributed by atoms with Crippen LogP contribution in [0.3, 0.4) is 0 Å². The van der Waals surface area contributed by atoms with E-state index < -0.39 is 18.4 Å². The molecule has 0 spiro atoms. The molecule has 0 aliphatic heterocycles. The van der Waals surface area contributed by atoms with Crippen molar-refractivity contribution in [3.8, 4) is 0 Å². The average Bonchev–Trinajstić information content (AvgIpc) is 2.45.